The van der Waals surface area contributed by atoms with E-state index in [-0.39, 0.29) is 20.1 Å². The van der Waals surface area contributed by atoms with E-state index in [0.29, 0.717) is 0 Å². The van der Waals surface area contributed by atoms with Crippen LogP contribution in [-0.4, -0.2) is 0 Å². The van der Waals surface area contributed by atoms with E-state index in [0.717, 1.165) is 49.3 Å². The molecule has 3 aliphatic heterocycles. The van der Waals surface area contributed by atoms with E-state index < -0.39 is 18.1 Å². The third-order valence-corrected chi connectivity index (χ3v) is 6.04. The van der Waals surface area contributed by atoms with Gasteiger partial charge in [-0.25, -0.2) is 0 Å². The van der Waals surface area contributed by atoms with E-state index in [1.165, 1.54) is 0 Å². The number of hydrogen-bond donors (Lipinski definition) is 3. The minimum absolute atomic E-state index is 0. The molecule has 0 aliphatic carbocycles. The van der Waals surface area contributed by atoms with E-state index in [9.17, 15) is 0 Å². The summed E-state index contributed by atoms with van der Waals surface area (Å²) in [5, 5.41) is 3.45. The van der Waals surface area contributed by atoms with Gasteiger partial charge in [0.05, 0.1) is 22.2 Å². The van der Waals surface area contributed by atoms with Crippen molar-refractivity contribution in [2.24, 2.45) is 0 Å². The van der Waals surface area contributed by atoms with Crippen molar-refractivity contribution in [2.75, 3.05) is 0 Å². The molecule has 3 N–H and O–H groups in total. The smallest absolute Gasteiger partial charge is 0.381 e. The van der Waals surface area contributed by atoms with Crippen LogP contribution in [0.15, 0.2) is 146 Å². The number of rotatable bonds is 3. The van der Waals surface area contributed by atoms with Gasteiger partial charge in [0.15, 0.2) is 4.24 Å². The van der Waals surface area contributed by atoms with Crippen LogP contribution in [-0.2, 0) is 20.1 Å². The molecule has 3 unspecified atom stereocenters. The van der Waals surface area contributed by atoms with Gasteiger partial charge in [-0.3, -0.25) is 0 Å². The van der Waals surface area contributed by atoms with E-state index in [1.807, 2.05) is 93.6 Å². The zero-order valence-electron chi connectivity index (χ0n) is 29.0. The van der Waals surface area contributed by atoms with Gasteiger partial charge in [0.1, 0.15) is 0 Å². The van der Waals surface area contributed by atoms with Gasteiger partial charge in [0.25, 0.3) is 0 Å². The first-order valence-electron chi connectivity index (χ1n) is 15.9. The zero-order valence-corrected chi connectivity index (χ0v) is 25.4. The fourth-order valence-electron chi connectivity index (χ4n) is 3.77. The van der Waals surface area contributed by atoms with Gasteiger partial charge >= 0.3 is 20.1 Å². The van der Waals surface area contributed by atoms with Crippen molar-refractivity contribution >= 4 is 0 Å². The molecule has 0 aromatic heterocycles. The average Bonchev–Trinajstić information content (AvgIpc) is 3.03. The fraction of sp³-hybridized carbons (Fsp3) is 0.167. The second-order valence-electron chi connectivity index (χ2n) is 9.24. The number of nitrogens with one attached hydrogen (secondary N) is 3. The quantitative estimate of drug-likeness (QED) is 0.257. The van der Waals surface area contributed by atoms with Crippen molar-refractivity contribution in [3.05, 3.63) is 179 Å². The summed E-state index contributed by atoms with van der Waals surface area (Å²) in [4.78, 5) is 0. The second-order valence-corrected chi connectivity index (χ2v) is 9.24. The van der Waals surface area contributed by atoms with Gasteiger partial charge in [-0.1, -0.05) is 126 Å². The molecule has 4 heteroatoms. The Morgan fingerprint density at radius 3 is 0.925 bits per heavy atom. The van der Waals surface area contributed by atoms with Crippen molar-refractivity contribution in [3.8, 4) is 0 Å². The topological polar surface area (TPSA) is 36.1 Å². The molecule has 0 spiro atoms. The van der Waals surface area contributed by atoms with Crippen molar-refractivity contribution in [1.29, 1.82) is 0 Å². The second kappa shape index (κ2) is 16.3. The van der Waals surface area contributed by atoms with Crippen LogP contribution in [0.5, 0.6) is 0 Å². The minimum Gasteiger partial charge on any atom is -0.381 e. The number of allylic oxidation sites excluding steroid dienone is 6. The van der Waals surface area contributed by atoms with Crippen LogP contribution in [0.4, 0.5) is 0 Å². The molecule has 3 aromatic carbocycles. The monoisotopic (exact) mass is 712 g/mol. The van der Waals surface area contributed by atoms with Crippen LogP contribution in [0.1, 0.15) is 55.5 Å². The Bertz CT molecular complexity index is 1430. The maximum atomic E-state index is 8.24. The van der Waals surface area contributed by atoms with Crippen LogP contribution < -0.4 is 15.9 Å². The van der Waals surface area contributed by atoms with Gasteiger partial charge < -0.3 is 15.9 Å². The first kappa shape index (κ1) is 22.9. The molecule has 3 aliphatic rings. The first-order chi connectivity index (χ1) is 21.4. The van der Waals surface area contributed by atoms with Crippen LogP contribution >= 0.6 is 0 Å². The van der Waals surface area contributed by atoms with Gasteiger partial charge in [-0.05, 0) is 74.3 Å². The Balaban J connectivity index is 0.000000186. The summed E-state index contributed by atoms with van der Waals surface area (Å²) >= 11 is 0. The van der Waals surface area contributed by atoms with Crippen molar-refractivity contribution in [1.82, 2.24) is 15.9 Å². The largest absolute Gasteiger partial charge is 3.00 e. The fourth-order valence-corrected chi connectivity index (χ4v) is 3.77. The number of hydrogen-bond acceptors (Lipinski definition) is 3. The molecule has 6 rings (SSSR count). The van der Waals surface area contributed by atoms with Crippen LogP contribution in [0.2, 0.25) is 4.24 Å². The van der Waals surface area contributed by atoms with Gasteiger partial charge in [-0.2, -0.15) is 0 Å². The molecule has 40 heavy (non-hydrogen) atoms. The Morgan fingerprint density at radius 2 is 0.700 bits per heavy atom. The van der Waals surface area contributed by atoms with Crippen molar-refractivity contribution < 1.29 is 28.5 Å². The Morgan fingerprint density at radius 1 is 0.450 bits per heavy atom. The molecule has 0 amide bonds. The van der Waals surface area contributed by atoms with Gasteiger partial charge in [-0.15, -0.1) is 0 Å². The number of benzene rings is 3. The first-order valence-corrected chi connectivity index (χ1v) is 13.0. The molecule has 204 valence electrons. The third-order valence-electron chi connectivity index (χ3n) is 6.04. The molecule has 0 fully saturated rings. The molecule has 0 saturated carbocycles. The molecule has 0 bridgehead atoms. The van der Waals surface area contributed by atoms with E-state index in [1.54, 1.807) is 73.3 Å². The third kappa shape index (κ3) is 9.72. The molecule has 3 nitrogen and oxygen atoms in total. The minimum atomic E-state index is -1.09. The van der Waals surface area contributed by atoms with Gasteiger partial charge in [0, 0.05) is 0 Å². The molecular formula is C36H39IrN3+3. The maximum Gasteiger partial charge on any atom is 3.00 e. The van der Waals surface area contributed by atoms with Crippen LogP contribution in [0, 0.1) is 20.8 Å². The summed E-state index contributed by atoms with van der Waals surface area (Å²) in [5.41, 5.74) is 5.91. The van der Waals surface area contributed by atoms with Crippen molar-refractivity contribution in [2.45, 2.75) is 38.8 Å². The normalized spacial score (nSPS) is 27.8. The molecule has 0 radical (unpaired) electrons. The number of aryl methyl sites for hydroxylation is 3. The predicted octanol–water partition coefficient (Wildman–Crippen LogP) is 8.13. The van der Waals surface area contributed by atoms with Crippen LogP contribution in [0.25, 0.3) is 0 Å². The number of dihydropyridines is 3. The van der Waals surface area contributed by atoms with Crippen molar-refractivity contribution in [3.63, 3.8) is 0 Å². The van der Waals surface area contributed by atoms with E-state index >= 15 is 0 Å². The van der Waals surface area contributed by atoms with Gasteiger partial charge in [0.2, 0.25) is 0 Å². The maximum absolute atomic E-state index is 8.24. The zero-order chi connectivity index (χ0) is 32.7. The summed E-state index contributed by atoms with van der Waals surface area (Å²) in [5.74, 6) is 0. The molecule has 3 atom stereocenters. The molecule has 3 heterocycles. The summed E-state index contributed by atoms with van der Waals surface area (Å²) in [7, 11) is 0. The Hall–Kier alpha value is -3.85. The molecule has 0 saturated heterocycles. The Labute approximate surface area is 262 Å². The summed E-state index contributed by atoms with van der Waals surface area (Å²) in [6, 6.07) is 19.9. The Kier molecular flexibility index (Phi) is 9.34. The molecule has 3 aromatic rings. The SMILES string of the molecule is [2H]N1C=CC=CC1([2H])c1ccc(C)cc1.[2H]N1C=CC=CC1([2H])c1ccc(C)cc1.[2H]N1C=CC=CC1([2H])c1ccc(C)cc1.[Ir+3]. The van der Waals surface area contributed by atoms with E-state index in [2.05, 4.69) is 0 Å². The van der Waals surface area contributed by atoms with Crippen LogP contribution in [0.3, 0.4) is 0 Å². The standard InChI is InChI=1S/3C12H13N.Ir/c3*1-10-5-7-11(8-6-10)12-4-2-3-9-13-12;/h3*2-9,12-13H,1H3;/q;;;+3/i3*12D;/hD3. The predicted molar refractivity (Wildman–Crippen MR) is 166 cm³/mol. The summed E-state index contributed by atoms with van der Waals surface area (Å²) < 4.78 is 47.9. The summed E-state index contributed by atoms with van der Waals surface area (Å²) in [6.07, 6.45) is 20.6. The van der Waals surface area contributed by atoms with E-state index in [4.69, 9.17) is 8.35 Å². The summed E-state index contributed by atoms with van der Waals surface area (Å²) in [6.45, 7) is 6.03. The molecular weight excluding hydrogens is 667 g/mol. The average molecular weight is 712 g/mol.